The summed E-state index contributed by atoms with van der Waals surface area (Å²) in [6.45, 7) is 8.78. The highest BCUT2D eigenvalue weighted by Crippen LogP contribution is 2.29. The van der Waals surface area contributed by atoms with Crippen LogP contribution in [0, 0.1) is 16.7 Å². The van der Waals surface area contributed by atoms with Crippen LogP contribution in [0.5, 0.6) is 0 Å². The van der Waals surface area contributed by atoms with Crippen molar-refractivity contribution >= 4 is 17.3 Å². The van der Waals surface area contributed by atoms with Crippen molar-refractivity contribution in [1.82, 2.24) is 0 Å². The average Bonchev–Trinajstić information content (AvgIpc) is 2.35. The van der Waals surface area contributed by atoms with Crippen molar-refractivity contribution < 1.29 is 0 Å². The Morgan fingerprint density at radius 2 is 2.00 bits per heavy atom. The quantitative estimate of drug-likeness (QED) is 0.766. The normalized spacial score (nSPS) is 12.9. The summed E-state index contributed by atoms with van der Waals surface area (Å²) in [5, 5.41) is 9.25. The Morgan fingerprint density at radius 1 is 1.39 bits per heavy atom. The molecule has 0 aliphatic carbocycles. The summed E-state index contributed by atoms with van der Waals surface area (Å²) >= 11 is 5.80. The standard InChI is InChI=1S/C15H21ClN2/c1-11(15(2,3)4)18(5)14-7-6-12(9-16)8-13(14)10-17/h6-8,11H,9H2,1-5H3. The Kier molecular flexibility index (Phi) is 4.65. The van der Waals surface area contributed by atoms with Gasteiger partial charge >= 0.3 is 0 Å². The molecule has 2 nitrogen and oxygen atoms in total. The Labute approximate surface area is 115 Å². The molecular formula is C15H21ClN2. The highest BCUT2D eigenvalue weighted by molar-refractivity contribution is 6.17. The lowest BCUT2D eigenvalue weighted by Gasteiger charge is -2.37. The van der Waals surface area contributed by atoms with Gasteiger partial charge in [0.05, 0.1) is 11.3 Å². The van der Waals surface area contributed by atoms with E-state index in [9.17, 15) is 5.26 Å². The fourth-order valence-corrected chi connectivity index (χ4v) is 2.02. The molecule has 0 aliphatic heterocycles. The second kappa shape index (κ2) is 5.63. The van der Waals surface area contributed by atoms with E-state index in [1.807, 2.05) is 25.2 Å². The van der Waals surface area contributed by atoms with E-state index < -0.39 is 0 Å². The molecule has 0 saturated heterocycles. The lowest BCUT2D eigenvalue weighted by atomic mass is 9.86. The second-order valence-corrected chi connectivity index (χ2v) is 6.02. The Bertz CT molecular complexity index is 455. The monoisotopic (exact) mass is 264 g/mol. The van der Waals surface area contributed by atoms with E-state index >= 15 is 0 Å². The molecule has 0 spiro atoms. The third-order valence-corrected chi connectivity index (χ3v) is 3.86. The number of nitrogens with zero attached hydrogens (tertiary/aromatic N) is 2. The SMILES string of the molecule is CC(N(C)c1ccc(CCl)cc1C#N)C(C)(C)C. The molecule has 0 N–H and O–H groups in total. The van der Waals surface area contributed by atoms with Crippen molar-refractivity contribution in [3.63, 3.8) is 0 Å². The molecular weight excluding hydrogens is 244 g/mol. The van der Waals surface area contributed by atoms with E-state index in [-0.39, 0.29) is 5.41 Å². The van der Waals surface area contributed by atoms with Gasteiger partial charge in [-0.05, 0) is 30.0 Å². The molecule has 0 aliphatic rings. The number of halogens is 1. The largest absolute Gasteiger partial charge is 0.370 e. The number of hydrogen-bond donors (Lipinski definition) is 0. The lowest BCUT2D eigenvalue weighted by molar-refractivity contribution is 0.329. The maximum Gasteiger partial charge on any atom is 0.101 e. The first-order valence-electron chi connectivity index (χ1n) is 6.13. The highest BCUT2D eigenvalue weighted by Gasteiger charge is 2.25. The van der Waals surface area contributed by atoms with Crippen molar-refractivity contribution in [3.05, 3.63) is 29.3 Å². The van der Waals surface area contributed by atoms with Crippen LogP contribution in [0.2, 0.25) is 0 Å². The lowest BCUT2D eigenvalue weighted by Crippen LogP contribution is -2.39. The fourth-order valence-electron chi connectivity index (χ4n) is 1.85. The summed E-state index contributed by atoms with van der Waals surface area (Å²) in [5.74, 6) is 0.438. The molecule has 1 aromatic rings. The predicted molar refractivity (Wildman–Crippen MR) is 78.0 cm³/mol. The van der Waals surface area contributed by atoms with Crippen LogP contribution in [0.4, 0.5) is 5.69 Å². The molecule has 1 aromatic carbocycles. The van der Waals surface area contributed by atoms with Crippen molar-refractivity contribution in [2.45, 2.75) is 39.6 Å². The molecule has 0 bridgehead atoms. The summed E-state index contributed by atoms with van der Waals surface area (Å²) in [5.41, 5.74) is 2.79. The molecule has 1 unspecified atom stereocenters. The number of nitriles is 1. The van der Waals surface area contributed by atoms with E-state index in [2.05, 4.69) is 38.7 Å². The van der Waals surface area contributed by atoms with E-state index in [0.29, 0.717) is 17.5 Å². The molecule has 0 amide bonds. The van der Waals surface area contributed by atoms with Crippen LogP contribution in [0.15, 0.2) is 18.2 Å². The number of hydrogen-bond acceptors (Lipinski definition) is 2. The zero-order valence-electron chi connectivity index (χ0n) is 11.8. The number of alkyl halides is 1. The van der Waals surface area contributed by atoms with Crippen LogP contribution < -0.4 is 4.90 Å². The second-order valence-electron chi connectivity index (χ2n) is 5.75. The first kappa shape index (κ1) is 14.9. The minimum Gasteiger partial charge on any atom is -0.370 e. The van der Waals surface area contributed by atoms with E-state index in [1.165, 1.54) is 0 Å². The molecule has 0 heterocycles. The molecule has 18 heavy (non-hydrogen) atoms. The van der Waals surface area contributed by atoms with Crippen LogP contribution in [0.25, 0.3) is 0 Å². The first-order chi connectivity index (χ1) is 8.31. The zero-order chi connectivity index (χ0) is 13.9. The molecule has 98 valence electrons. The molecule has 0 saturated carbocycles. The van der Waals surface area contributed by atoms with Gasteiger partial charge in [0, 0.05) is 19.0 Å². The number of benzene rings is 1. The molecule has 1 atom stereocenters. The Hall–Kier alpha value is -1.20. The summed E-state index contributed by atoms with van der Waals surface area (Å²) < 4.78 is 0. The fraction of sp³-hybridized carbons (Fsp3) is 0.533. The van der Waals surface area contributed by atoms with Crippen LogP contribution in [-0.4, -0.2) is 13.1 Å². The molecule has 1 rings (SSSR count). The first-order valence-corrected chi connectivity index (χ1v) is 6.66. The Balaban J connectivity index is 3.14. The van der Waals surface area contributed by atoms with Crippen molar-refractivity contribution in [1.29, 1.82) is 5.26 Å². The number of anilines is 1. The molecule has 0 fully saturated rings. The maximum atomic E-state index is 9.25. The zero-order valence-corrected chi connectivity index (χ0v) is 12.5. The van der Waals surface area contributed by atoms with Gasteiger partial charge in [-0.3, -0.25) is 0 Å². The van der Waals surface area contributed by atoms with Gasteiger partial charge in [-0.1, -0.05) is 26.8 Å². The topological polar surface area (TPSA) is 27.0 Å². The third kappa shape index (κ3) is 3.17. The molecule has 0 aromatic heterocycles. The van der Waals surface area contributed by atoms with Gasteiger partial charge in [-0.25, -0.2) is 0 Å². The van der Waals surface area contributed by atoms with E-state index in [1.54, 1.807) is 0 Å². The molecule has 0 radical (unpaired) electrons. The minimum absolute atomic E-state index is 0.159. The smallest absolute Gasteiger partial charge is 0.101 e. The highest BCUT2D eigenvalue weighted by atomic mass is 35.5. The maximum absolute atomic E-state index is 9.25. The minimum atomic E-state index is 0.159. The van der Waals surface area contributed by atoms with Crippen LogP contribution in [0.1, 0.15) is 38.8 Å². The van der Waals surface area contributed by atoms with Crippen molar-refractivity contribution in [3.8, 4) is 6.07 Å². The van der Waals surface area contributed by atoms with Gasteiger partial charge in [-0.2, -0.15) is 5.26 Å². The number of rotatable bonds is 3. The van der Waals surface area contributed by atoms with Crippen LogP contribution in [-0.2, 0) is 5.88 Å². The van der Waals surface area contributed by atoms with Gasteiger partial charge in [0.15, 0.2) is 0 Å². The summed E-state index contributed by atoms with van der Waals surface area (Å²) in [6.07, 6.45) is 0. The third-order valence-electron chi connectivity index (χ3n) is 3.55. The summed E-state index contributed by atoms with van der Waals surface area (Å²) in [7, 11) is 2.03. The van der Waals surface area contributed by atoms with E-state index in [4.69, 9.17) is 11.6 Å². The van der Waals surface area contributed by atoms with E-state index in [0.717, 1.165) is 11.3 Å². The van der Waals surface area contributed by atoms with Gasteiger partial charge < -0.3 is 4.90 Å². The van der Waals surface area contributed by atoms with Crippen LogP contribution in [0.3, 0.4) is 0 Å². The van der Waals surface area contributed by atoms with Gasteiger partial charge in [0.2, 0.25) is 0 Å². The van der Waals surface area contributed by atoms with Gasteiger partial charge in [0.25, 0.3) is 0 Å². The molecule has 3 heteroatoms. The summed E-state index contributed by atoms with van der Waals surface area (Å²) in [6, 6.07) is 8.43. The van der Waals surface area contributed by atoms with Crippen molar-refractivity contribution in [2.24, 2.45) is 5.41 Å². The van der Waals surface area contributed by atoms with Gasteiger partial charge in [-0.15, -0.1) is 11.6 Å². The average molecular weight is 265 g/mol. The van der Waals surface area contributed by atoms with Crippen LogP contribution >= 0.6 is 11.6 Å². The van der Waals surface area contributed by atoms with Gasteiger partial charge in [0.1, 0.15) is 6.07 Å². The Morgan fingerprint density at radius 3 is 2.44 bits per heavy atom. The summed E-state index contributed by atoms with van der Waals surface area (Å²) in [4.78, 5) is 2.16. The van der Waals surface area contributed by atoms with Crippen molar-refractivity contribution in [2.75, 3.05) is 11.9 Å². The predicted octanol–water partition coefficient (Wildman–Crippen LogP) is 4.17.